The lowest BCUT2D eigenvalue weighted by Crippen LogP contribution is -2.58. The van der Waals surface area contributed by atoms with E-state index in [9.17, 15) is 4.79 Å². The molecule has 19 heavy (non-hydrogen) atoms. The minimum atomic E-state index is -0.662. The second-order valence-corrected chi connectivity index (χ2v) is 5.59. The highest BCUT2D eigenvalue weighted by Crippen LogP contribution is 2.36. The van der Waals surface area contributed by atoms with Gasteiger partial charge in [0.15, 0.2) is 5.79 Å². The molecule has 0 aliphatic carbocycles. The van der Waals surface area contributed by atoms with Gasteiger partial charge in [0.05, 0.1) is 19.3 Å². The van der Waals surface area contributed by atoms with E-state index >= 15 is 0 Å². The zero-order valence-corrected chi connectivity index (χ0v) is 12.2. The summed E-state index contributed by atoms with van der Waals surface area (Å²) in [6.07, 6.45) is -0.554. The quantitative estimate of drug-likeness (QED) is 0.745. The van der Waals surface area contributed by atoms with Crippen LogP contribution in [0.3, 0.4) is 0 Å². The number of likely N-dealkylation sites (N-methyl/N-ethyl adjacent to an activating group) is 1. The predicted molar refractivity (Wildman–Crippen MR) is 67.7 cm³/mol. The maximum Gasteiger partial charge on any atom is 0.219 e. The molecule has 0 bridgehead atoms. The van der Waals surface area contributed by atoms with Crippen LogP contribution in [-0.2, 0) is 23.7 Å². The van der Waals surface area contributed by atoms with E-state index in [4.69, 9.17) is 18.9 Å². The van der Waals surface area contributed by atoms with Crippen LogP contribution in [0.15, 0.2) is 0 Å². The third kappa shape index (κ3) is 2.91. The summed E-state index contributed by atoms with van der Waals surface area (Å²) in [7, 11) is 3.39. The van der Waals surface area contributed by atoms with Crippen LogP contribution < -0.4 is 0 Å². The first kappa shape index (κ1) is 14.7. The molecule has 0 aromatic rings. The summed E-state index contributed by atoms with van der Waals surface area (Å²) in [5.74, 6) is -0.670. The van der Waals surface area contributed by atoms with Crippen molar-refractivity contribution in [3.63, 3.8) is 0 Å². The number of hydrogen-bond donors (Lipinski definition) is 0. The Labute approximate surface area is 113 Å². The predicted octanol–water partition coefficient (Wildman–Crippen LogP) is 0.399. The third-order valence-corrected chi connectivity index (χ3v) is 3.72. The molecule has 2 saturated heterocycles. The summed E-state index contributed by atoms with van der Waals surface area (Å²) in [5.41, 5.74) is 0. The summed E-state index contributed by atoms with van der Waals surface area (Å²) in [5, 5.41) is 0. The van der Waals surface area contributed by atoms with E-state index < -0.39 is 5.79 Å². The molecule has 0 unspecified atom stereocenters. The van der Waals surface area contributed by atoms with Crippen molar-refractivity contribution in [3.05, 3.63) is 0 Å². The zero-order valence-electron chi connectivity index (χ0n) is 12.2. The minimum absolute atomic E-state index is 0.00847. The second kappa shape index (κ2) is 5.36. The van der Waals surface area contributed by atoms with Gasteiger partial charge in [-0.05, 0) is 13.8 Å². The number of nitrogens with zero attached hydrogens (tertiary/aromatic N) is 1. The average molecular weight is 273 g/mol. The molecule has 2 heterocycles. The number of methoxy groups -OCH3 is 1. The minimum Gasteiger partial charge on any atom is -0.382 e. The molecule has 2 rings (SSSR count). The van der Waals surface area contributed by atoms with Gasteiger partial charge in [-0.2, -0.15) is 0 Å². The monoisotopic (exact) mass is 273 g/mol. The van der Waals surface area contributed by atoms with Crippen LogP contribution >= 0.6 is 0 Å². The molecule has 1 amide bonds. The highest BCUT2D eigenvalue weighted by Gasteiger charge is 2.53. The SMILES string of the molecule is COC[C@H]1OC[C@H](N(C)C(C)=O)[C@H]2OC(C)(C)O[C@H]21. The van der Waals surface area contributed by atoms with Crippen molar-refractivity contribution in [1.29, 1.82) is 0 Å². The van der Waals surface area contributed by atoms with Crippen molar-refractivity contribution < 1.29 is 23.7 Å². The summed E-state index contributed by atoms with van der Waals surface area (Å²) < 4.78 is 22.8. The van der Waals surface area contributed by atoms with Gasteiger partial charge in [0, 0.05) is 21.1 Å². The Balaban J connectivity index is 2.17. The molecule has 0 aromatic heterocycles. The molecule has 0 spiro atoms. The Kier molecular flexibility index (Phi) is 4.15. The van der Waals surface area contributed by atoms with Crippen LogP contribution in [0.4, 0.5) is 0 Å². The molecule has 2 aliphatic heterocycles. The first-order valence-electron chi connectivity index (χ1n) is 6.55. The molecule has 0 radical (unpaired) electrons. The van der Waals surface area contributed by atoms with E-state index in [1.54, 1.807) is 19.1 Å². The lowest BCUT2D eigenvalue weighted by molar-refractivity contribution is -0.160. The van der Waals surface area contributed by atoms with E-state index in [1.165, 1.54) is 6.92 Å². The highest BCUT2D eigenvalue weighted by molar-refractivity contribution is 5.73. The molecule has 0 N–H and O–H groups in total. The number of amides is 1. The van der Waals surface area contributed by atoms with Gasteiger partial charge in [0.25, 0.3) is 0 Å². The molecule has 0 saturated carbocycles. The number of ether oxygens (including phenoxy) is 4. The molecule has 0 aromatic carbocycles. The van der Waals surface area contributed by atoms with Crippen molar-refractivity contribution in [1.82, 2.24) is 4.90 Å². The Hall–Kier alpha value is -0.690. The molecule has 6 nitrogen and oxygen atoms in total. The van der Waals surface area contributed by atoms with Crippen molar-refractivity contribution in [2.24, 2.45) is 0 Å². The number of fused-ring (bicyclic) bond motifs is 1. The fourth-order valence-corrected chi connectivity index (χ4v) is 2.69. The lowest BCUT2D eigenvalue weighted by Gasteiger charge is -2.40. The lowest BCUT2D eigenvalue weighted by atomic mass is 9.97. The maximum absolute atomic E-state index is 11.5. The van der Waals surface area contributed by atoms with E-state index in [2.05, 4.69) is 0 Å². The van der Waals surface area contributed by atoms with E-state index in [-0.39, 0.29) is 30.3 Å². The Morgan fingerprint density at radius 3 is 2.58 bits per heavy atom. The van der Waals surface area contributed by atoms with Crippen LogP contribution in [0.25, 0.3) is 0 Å². The van der Waals surface area contributed by atoms with Gasteiger partial charge in [0.1, 0.15) is 18.3 Å². The maximum atomic E-state index is 11.5. The Bertz CT molecular complexity index is 346. The fraction of sp³-hybridized carbons (Fsp3) is 0.923. The first-order valence-corrected chi connectivity index (χ1v) is 6.55. The molecule has 6 heteroatoms. The summed E-state index contributed by atoms with van der Waals surface area (Å²) in [6.45, 7) is 6.18. The summed E-state index contributed by atoms with van der Waals surface area (Å²) >= 11 is 0. The van der Waals surface area contributed by atoms with Gasteiger partial charge < -0.3 is 23.8 Å². The standard InChI is InChI=1S/C13H23NO5/c1-8(15)14(4)9-6-17-10(7-16-5)12-11(9)18-13(2,3)19-12/h9-12H,6-7H2,1-5H3/t9-,10+,11+,12-/m0/s1. The van der Waals surface area contributed by atoms with Crippen molar-refractivity contribution in [3.8, 4) is 0 Å². The average Bonchev–Trinajstić information content (AvgIpc) is 2.64. The molecule has 2 fully saturated rings. The van der Waals surface area contributed by atoms with E-state index in [1.807, 2.05) is 13.8 Å². The fourth-order valence-electron chi connectivity index (χ4n) is 2.69. The van der Waals surface area contributed by atoms with E-state index in [0.29, 0.717) is 13.2 Å². The van der Waals surface area contributed by atoms with Crippen molar-refractivity contribution >= 4 is 5.91 Å². The summed E-state index contributed by atoms with van der Waals surface area (Å²) in [6, 6.07) is -0.127. The highest BCUT2D eigenvalue weighted by atomic mass is 16.8. The molecule has 4 atom stereocenters. The van der Waals surface area contributed by atoms with Gasteiger partial charge >= 0.3 is 0 Å². The number of hydrogen-bond acceptors (Lipinski definition) is 5. The molecular formula is C13H23NO5. The van der Waals surface area contributed by atoms with Crippen LogP contribution in [-0.4, -0.2) is 68.3 Å². The van der Waals surface area contributed by atoms with Gasteiger partial charge in [-0.15, -0.1) is 0 Å². The Morgan fingerprint density at radius 1 is 1.37 bits per heavy atom. The van der Waals surface area contributed by atoms with Crippen LogP contribution in [0, 0.1) is 0 Å². The number of carbonyl (C=O) groups is 1. The molecule has 2 aliphatic rings. The van der Waals surface area contributed by atoms with Crippen LogP contribution in [0.1, 0.15) is 20.8 Å². The Morgan fingerprint density at radius 2 is 2.00 bits per heavy atom. The van der Waals surface area contributed by atoms with E-state index in [0.717, 1.165) is 0 Å². The topological polar surface area (TPSA) is 57.2 Å². The smallest absolute Gasteiger partial charge is 0.219 e. The molecule has 110 valence electrons. The third-order valence-electron chi connectivity index (χ3n) is 3.72. The van der Waals surface area contributed by atoms with Crippen LogP contribution in [0.5, 0.6) is 0 Å². The van der Waals surface area contributed by atoms with Gasteiger partial charge in [-0.1, -0.05) is 0 Å². The second-order valence-electron chi connectivity index (χ2n) is 5.59. The van der Waals surface area contributed by atoms with Crippen LogP contribution in [0.2, 0.25) is 0 Å². The zero-order chi connectivity index (χ0) is 14.2. The number of carbonyl (C=O) groups excluding carboxylic acids is 1. The first-order chi connectivity index (χ1) is 8.85. The number of rotatable bonds is 3. The van der Waals surface area contributed by atoms with Crippen molar-refractivity contribution in [2.45, 2.75) is 50.9 Å². The largest absolute Gasteiger partial charge is 0.382 e. The normalized spacial score (nSPS) is 36.9. The molecular weight excluding hydrogens is 250 g/mol. The van der Waals surface area contributed by atoms with Gasteiger partial charge in [-0.3, -0.25) is 4.79 Å². The van der Waals surface area contributed by atoms with Crippen molar-refractivity contribution in [2.75, 3.05) is 27.4 Å². The van der Waals surface area contributed by atoms with Gasteiger partial charge in [-0.25, -0.2) is 0 Å². The van der Waals surface area contributed by atoms with Gasteiger partial charge in [0.2, 0.25) is 5.91 Å². The summed E-state index contributed by atoms with van der Waals surface area (Å²) in [4.78, 5) is 13.2.